The van der Waals surface area contributed by atoms with Crippen molar-refractivity contribution in [2.24, 2.45) is 0 Å². The van der Waals surface area contributed by atoms with Crippen molar-refractivity contribution in [1.82, 2.24) is 20.2 Å². The van der Waals surface area contributed by atoms with E-state index in [2.05, 4.69) is 20.2 Å². The molecule has 0 saturated carbocycles. The van der Waals surface area contributed by atoms with Gasteiger partial charge in [0.05, 0.1) is 12.3 Å². The lowest BCUT2D eigenvalue weighted by Gasteiger charge is -2.33. The number of piperidine rings is 1. The number of nitrogens with one attached hydrogen (secondary N) is 2. The van der Waals surface area contributed by atoms with Crippen LogP contribution in [0, 0.1) is 6.92 Å². The maximum absolute atomic E-state index is 12.4. The summed E-state index contributed by atoms with van der Waals surface area (Å²) in [5.41, 5.74) is 1.10. The topological polar surface area (TPSA) is 91.2 Å². The van der Waals surface area contributed by atoms with E-state index in [9.17, 15) is 9.59 Å². The molecule has 2 aromatic heterocycles. The SMILES string of the molecule is CSc1nc(C)c(CCC(=O)NCC(c2ccco2)N2CCCCC2)c(=O)[nH]1. The van der Waals surface area contributed by atoms with E-state index < -0.39 is 0 Å². The number of likely N-dealkylation sites (tertiary alicyclic amines) is 1. The van der Waals surface area contributed by atoms with E-state index in [0.717, 1.165) is 18.8 Å². The quantitative estimate of drug-likeness (QED) is 0.519. The van der Waals surface area contributed by atoms with E-state index in [1.54, 1.807) is 6.26 Å². The molecule has 0 bridgehead atoms. The molecule has 0 aliphatic carbocycles. The summed E-state index contributed by atoms with van der Waals surface area (Å²) in [6.07, 6.45) is 7.78. The summed E-state index contributed by atoms with van der Waals surface area (Å²) in [5.74, 6) is 0.813. The predicted octanol–water partition coefficient (Wildman–Crippen LogP) is 2.67. The zero-order valence-electron chi connectivity index (χ0n) is 16.5. The molecule has 1 atom stereocenters. The Morgan fingerprint density at radius 1 is 1.39 bits per heavy atom. The molecule has 1 unspecified atom stereocenters. The van der Waals surface area contributed by atoms with Crippen LogP contribution < -0.4 is 10.9 Å². The molecule has 0 spiro atoms. The van der Waals surface area contributed by atoms with Gasteiger partial charge in [0.2, 0.25) is 5.91 Å². The zero-order chi connectivity index (χ0) is 19.9. The van der Waals surface area contributed by atoms with Crippen LogP contribution in [0.15, 0.2) is 32.8 Å². The molecular weight excluding hydrogens is 376 g/mol. The fourth-order valence-electron chi connectivity index (χ4n) is 3.63. The van der Waals surface area contributed by atoms with E-state index in [0.29, 0.717) is 29.4 Å². The van der Waals surface area contributed by atoms with Gasteiger partial charge in [-0.1, -0.05) is 18.2 Å². The molecule has 2 N–H and O–H groups in total. The van der Waals surface area contributed by atoms with Crippen molar-refractivity contribution in [3.63, 3.8) is 0 Å². The summed E-state index contributed by atoms with van der Waals surface area (Å²) in [6.45, 7) is 4.35. The Morgan fingerprint density at radius 3 is 2.82 bits per heavy atom. The number of furan rings is 1. The average Bonchev–Trinajstić information content (AvgIpc) is 3.22. The Hall–Kier alpha value is -2.06. The number of rotatable bonds is 8. The Labute approximate surface area is 169 Å². The number of hydrogen-bond donors (Lipinski definition) is 2. The highest BCUT2D eigenvalue weighted by molar-refractivity contribution is 7.98. The molecule has 1 amide bonds. The van der Waals surface area contributed by atoms with E-state index >= 15 is 0 Å². The first kappa shape index (κ1) is 20.7. The summed E-state index contributed by atoms with van der Waals surface area (Å²) in [4.78, 5) is 34.1. The smallest absolute Gasteiger partial charge is 0.254 e. The van der Waals surface area contributed by atoms with Crippen LogP contribution in [0.5, 0.6) is 0 Å². The van der Waals surface area contributed by atoms with Gasteiger partial charge in [0.25, 0.3) is 5.56 Å². The molecule has 3 rings (SSSR count). The summed E-state index contributed by atoms with van der Waals surface area (Å²) < 4.78 is 5.62. The first-order valence-corrected chi connectivity index (χ1v) is 11.0. The summed E-state index contributed by atoms with van der Waals surface area (Å²) in [5, 5.41) is 3.62. The number of aromatic amines is 1. The second-order valence-corrected chi connectivity index (χ2v) is 7.87. The molecule has 3 heterocycles. The van der Waals surface area contributed by atoms with Crippen molar-refractivity contribution >= 4 is 17.7 Å². The molecule has 1 fully saturated rings. The Morgan fingerprint density at radius 2 is 2.18 bits per heavy atom. The summed E-state index contributed by atoms with van der Waals surface area (Å²) >= 11 is 1.39. The number of nitrogens with zero attached hydrogens (tertiary/aromatic N) is 2. The number of carbonyl (C=O) groups is 1. The van der Waals surface area contributed by atoms with Gasteiger partial charge in [-0.05, 0) is 57.7 Å². The predicted molar refractivity (Wildman–Crippen MR) is 110 cm³/mol. The highest BCUT2D eigenvalue weighted by Gasteiger charge is 2.25. The Kier molecular flexibility index (Phi) is 7.33. The van der Waals surface area contributed by atoms with Gasteiger partial charge in [-0.3, -0.25) is 14.5 Å². The highest BCUT2D eigenvalue weighted by Crippen LogP contribution is 2.24. The van der Waals surface area contributed by atoms with Gasteiger partial charge in [-0.25, -0.2) is 4.98 Å². The minimum Gasteiger partial charge on any atom is -0.468 e. The molecule has 1 aliphatic heterocycles. The van der Waals surface area contributed by atoms with Crippen molar-refractivity contribution in [2.75, 3.05) is 25.9 Å². The summed E-state index contributed by atoms with van der Waals surface area (Å²) in [6, 6.07) is 3.90. The monoisotopic (exact) mass is 404 g/mol. The van der Waals surface area contributed by atoms with Crippen molar-refractivity contribution in [2.45, 2.75) is 50.2 Å². The van der Waals surface area contributed by atoms with Crippen molar-refractivity contribution in [3.05, 3.63) is 45.8 Å². The normalized spacial score (nSPS) is 16.1. The number of hydrogen-bond acceptors (Lipinski definition) is 6. The maximum atomic E-state index is 12.4. The van der Waals surface area contributed by atoms with Crippen molar-refractivity contribution in [1.29, 1.82) is 0 Å². The molecule has 1 saturated heterocycles. The highest BCUT2D eigenvalue weighted by atomic mass is 32.2. The van der Waals surface area contributed by atoms with E-state index in [4.69, 9.17) is 4.42 Å². The summed E-state index contributed by atoms with van der Waals surface area (Å²) in [7, 11) is 0. The van der Waals surface area contributed by atoms with Gasteiger partial charge in [-0.15, -0.1) is 0 Å². The van der Waals surface area contributed by atoms with E-state index in [1.165, 1.54) is 31.0 Å². The fraction of sp³-hybridized carbons (Fsp3) is 0.550. The van der Waals surface area contributed by atoms with Crippen LogP contribution in [0.1, 0.15) is 48.7 Å². The second-order valence-electron chi connectivity index (χ2n) is 7.07. The minimum atomic E-state index is -0.161. The Bertz CT molecular complexity index is 828. The van der Waals surface area contributed by atoms with Gasteiger partial charge in [0.15, 0.2) is 5.16 Å². The third-order valence-electron chi connectivity index (χ3n) is 5.19. The lowest BCUT2D eigenvalue weighted by atomic mass is 10.1. The third-order valence-corrected chi connectivity index (χ3v) is 5.77. The molecule has 8 heteroatoms. The van der Waals surface area contributed by atoms with Gasteiger partial charge in [0.1, 0.15) is 5.76 Å². The number of H-pyrrole nitrogens is 1. The molecular formula is C20H28N4O3S. The third kappa shape index (κ3) is 5.26. The van der Waals surface area contributed by atoms with Crippen LogP contribution in [0.4, 0.5) is 0 Å². The zero-order valence-corrected chi connectivity index (χ0v) is 17.3. The number of aromatic nitrogens is 2. The largest absolute Gasteiger partial charge is 0.468 e. The van der Waals surface area contributed by atoms with Crippen molar-refractivity contribution in [3.8, 4) is 0 Å². The van der Waals surface area contributed by atoms with Gasteiger partial charge >= 0.3 is 0 Å². The van der Waals surface area contributed by atoms with E-state index in [-0.39, 0.29) is 23.9 Å². The molecule has 7 nitrogen and oxygen atoms in total. The van der Waals surface area contributed by atoms with Crippen LogP contribution in [-0.2, 0) is 11.2 Å². The Balaban J connectivity index is 1.57. The lowest BCUT2D eigenvalue weighted by molar-refractivity contribution is -0.121. The number of amides is 1. The standard InChI is InChI=1S/C20H28N4O3S/c1-14-15(19(26)23-20(22-14)28-2)8-9-18(25)21-13-16(17-7-6-12-27-17)24-10-4-3-5-11-24/h6-7,12,16H,3-5,8-11,13H2,1-2H3,(H,21,25)(H,22,23,26). The minimum absolute atomic E-state index is 0.0481. The number of thioether (sulfide) groups is 1. The van der Waals surface area contributed by atoms with Crippen LogP contribution in [0.2, 0.25) is 0 Å². The van der Waals surface area contributed by atoms with Gasteiger partial charge < -0.3 is 14.7 Å². The fourth-order valence-corrected chi connectivity index (χ4v) is 4.06. The van der Waals surface area contributed by atoms with Crippen LogP contribution in [0.25, 0.3) is 0 Å². The van der Waals surface area contributed by atoms with Gasteiger partial charge in [-0.2, -0.15) is 0 Å². The van der Waals surface area contributed by atoms with Gasteiger partial charge in [0, 0.05) is 24.2 Å². The number of carbonyl (C=O) groups excluding carboxylic acids is 1. The molecule has 0 aromatic carbocycles. The van der Waals surface area contributed by atoms with Crippen LogP contribution in [-0.4, -0.2) is 46.7 Å². The molecule has 152 valence electrons. The maximum Gasteiger partial charge on any atom is 0.254 e. The first-order valence-electron chi connectivity index (χ1n) is 9.76. The van der Waals surface area contributed by atoms with Crippen LogP contribution >= 0.6 is 11.8 Å². The number of aryl methyl sites for hydroxylation is 1. The van der Waals surface area contributed by atoms with Crippen molar-refractivity contribution < 1.29 is 9.21 Å². The average molecular weight is 405 g/mol. The molecule has 2 aromatic rings. The lowest BCUT2D eigenvalue weighted by Crippen LogP contribution is -2.40. The first-order chi connectivity index (χ1) is 13.6. The molecule has 1 aliphatic rings. The van der Waals surface area contributed by atoms with Crippen LogP contribution in [0.3, 0.4) is 0 Å². The molecule has 28 heavy (non-hydrogen) atoms. The second kappa shape index (κ2) is 9.93. The molecule has 0 radical (unpaired) electrons. The van der Waals surface area contributed by atoms with E-state index in [1.807, 2.05) is 25.3 Å².